The van der Waals surface area contributed by atoms with Gasteiger partial charge in [0, 0.05) is 32.4 Å². The fourth-order valence-corrected chi connectivity index (χ4v) is 3.19. The molecular formula is C17H24N4O3. The number of ether oxygens (including phenoxy) is 1. The van der Waals surface area contributed by atoms with E-state index in [0.717, 1.165) is 18.5 Å². The molecule has 7 nitrogen and oxygen atoms in total. The van der Waals surface area contributed by atoms with Gasteiger partial charge in [0.15, 0.2) is 0 Å². The summed E-state index contributed by atoms with van der Waals surface area (Å²) in [6, 6.07) is 5.49. The second-order valence-corrected chi connectivity index (χ2v) is 6.20. The number of carbonyl (C=O) groups excluding carboxylic acids is 2. The molecule has 1 N–H and O–H groups in total. The highest BCUT2D eigenvalue weighted by atomic mass is 16.5. The molecule has 130 valence electrons. The summed E-state index contributed by atoms with van der Waals surface area (Å²) in [7, 11) is 0. The topological polar surface area (TPSA) is 74.8 Å². The van der Waals surface area contributed by atoms with Gasteiger partial charge < -0.3 is 19.9 Å². The van der Waals surface area contributed by atoms with E-state index in [1.54, 1.807) is 11.1 Å². The van der Waals surface area contributed by atoms with Crippen LogP contribution in [0, 0.1) is 5.92 Å². The number of carbonyl (C=O) groups is 2. The molecule has 2 saturated heterocycles. The minimum absolute atomic E-state index is 0.0996. The van der Waals surface area contributed by atoms with Crippen molar-refractivity contribution in [1.82, 2.24) is 20.1 Å². The summed E-state index contributed by atoms with van der Waals surface area (Å²) < 4.78 is 5.30. The third-order valence-electron chi connectivity index (χ3n) is 4.53. The SMILES string of the molecule is O=C(NCc1ccccn1)N1CCCC(C(=O)N2CCOCC2)C1. The first-order valence-electron chi connectivity index (χ1n) is 8.53. The fraction of sp³-hybridized carbons (Fsp3) is 0.588. The first kappa shape index (κ1) is 16.7. The highest BCUT2D eigenvalue weighted by Crippen LogP contribution is 2.19. The predicted molar refractivity (Wildman–Crippen MR) is 88.2 cm³/mol. The number of hydrogen-bond acceptors (Lipinski definition) is 4. The van der Waals surface area contributed by atoms with Crippen LogP contribution in [0.25, 0.3) is 0 Å². The Balaban J connectivity index is 1.50. The summed E-state index contributed by atoms with van der Waals surface area (Å²) in [6.45, 7) is 4.10. The van der Waals surface area contributed by atoms with Crippen LogP contribution < -0.4 is 5.32 Å². The van der Waals surface area contributed by atoms with Crippen LogP contribution in [0.3, 0.4) is 0 Å². The van der Waals surface area contributed by atoms with Gasteiger partial charge in [-0.05, 0) is 25.0 Å². The number of urea groups is 1. The van der Waals surface area contributed by atoms with E-state index in [-0.39, 0.29) is 17.9 Å². The van der Waals surface area contributed by atoms with E-state index in [9.17, 15) is 9.59 Å². The Morgan fingerprint density at radius 2 is 2.04 bits per heavy atom. The Hall–Kier alpha value is -2.15. The number of morpholine rings is 1. The minimum atomic E-state index is -0.125. The van der Waals surface area contributed by atoms with Crippen LogP contribution in [0.4, 0.5) is 4.79 Å². The maximum atomic E-state index is 12.6. The van der Waals surface area contributed by atoms with Gasteiger partial charge in [0.25, 0.3) is 0 Å². The van der Waals surface area contributed by atoms with Crippen LogP contribution in [0.1, 0.15) is 18.5 Å². The fourth-order valence-electron chi connectivity index (χ4n) is 3.19. The van der Waals surface area contributed by atoms with Gasteiger partial charge in [-0.25, -0.2) is 4.79 Å². The summed E-state index contributed by atoms with van der Waals surface area (Å²) in [5.41, 5.74) is 0.823. The molecule has 0 bridgehead atoms. The monoisotopic (exact) mass is 332 g/mol. The number of likely N-dealkylation sites (tertiary alicyclic amines) is 1. The zero-order valence-electron chi connectivity index (χ0n) is 13.8. The van der Waals surface area contributed by atoms with Crippen molar-refractivity contribution in [3.05, 3.63) is 30.1 Å². The van der Waals surface area contributed by atoms with Crippen molar-refractivity contribution in [2.45, 2.75) is 19.4 Å². The highest BCUT2D eigenvalue weighted by Gasteiger charge is 2.31. The largest absolute Gasteiger partial charge is 0.378 e. The number of hydrogen-bond donors (Lipinski definition) is 1. The number of nitrogens with zero attached hydrogens (tertiary/aromatic N) is 3. The number of rotatable bonds is 3. The van der Waals surface area contributed by atoms with E-state index in [1.807, 2.05) is 23.1 Å². The summed E-state index contributed by atoms with van der Waals surface area (Å²) in [6.07, 6.45) is 3.41. The van der Waals surface area contributed by atoms with Crippen molar-refractivity contribution in [1.29, 1.82) is 0 Å². The molecule has 2 aliphatic heterocycles. The van der Waals surface area contributed by atoms with Crippen molar-refractivity contribution in [2.75, 3.05) is 39.4 Å². The average Bonchev–Trinajstić information content (AvgIpc) is 2.67. The van der Waals surface area contributed by atoms with Crippen molar-refractivity contribution in [2.24, 2.45) is 5.92 Å². The second-order valence-electron chi connectivity index (χ2n) is 6.20. The summed E-state index contributed by atoms with van der Waals surface area (Å²) >= 11 is 0. The molecule has 3 heterocycles. The predicted octanol–water partition coefficient (Wildman–Crippen LogP) is 0.862. The molecule has 0 spiro atoms. The molecule has 7 heteroatoms. The molecule has 0 aliphatic carbocycles. The van der Waals surface area contributed by atoms with Gasteiger partial charge in [-0.15, -0.1) is 0 Å². The van der Waals surface area contributed by atoms with E-state index in [2.05, 4.69) is 10.3 Å². The highest BCUT2D eigenvalue weighted by molar-refractivity contribution is 5.81. The van der Waals surface area contributed by atoms with Crippen molar-refractivity contribution >= 4 is 11.9 Å². The van der Waals surface area contributed by atoms with Gasteiger partial charge in [-0.2, -0.15) is 0 Å². The maximum absolute atomic E-state index is 12.6. The van der Waals surface area contributed by atoms with Crippen LogP contribution in [-0.2, 0) is 16.1 Å². The quantitative estimate of drug-likeness (QED) is 0.891. The molecule has 1 unspecified atom stereocenters. The number of aromatic nitrogens is 1. The maximum Gasteiger partial charge on any atom is 0.317 e. The molecule has 1 atom stereocenters. The Morgan fingerprint density at radius 3 is 2.79 bits per heavy atom. The number of nitrogens with one attached hydrogen (secondary N) is 1. The lowest BCUT2D eigenvalue weighted by Crippen LogP contribution is -2.51. The van der Waals surface area contributed by atoms with E-state index in [1.165, 1.54) is 0 Å². The van der Waals surface area contributed by atoms with Crippen LogP contribution >= 0.6 is 0 Å². The third-order valence-corrected chi connectivity index (χ3v) is 4.53. The molecule has 1 aromatic rings. The van der Waals surface area contributed by atoms with Crippen LogP contribution in [0.2, 0.25) is 0 Å². The molecular weight excluding hydrogens is 308 g/mol. The van der Waals surface area contributed by atoms with E-state index >= 15 is 0 Å². The molecule has 0 radical (unpaired) electrons. The normalized spacial score (nSPS) is 21.4. The van der Waals surface area contributed by atoms with Crippen molar-refractivity contribution in [3.8, 4) is 0 Å². The van der Waals surface area contributed by atoms with Gasteiger partial charge in [0.2, 0.25) is 5.91 Å². The van der Waals surface area contributed by atoms with Gasteiger partial charge in [0.1, 0.15) is 0 Å². The van der Waals surface area contributed by atoms with Gasteiger partial charge in [0.05, 0.1) is 31.4 Å². The minimum Gasteiger partial charge on any atom is -0.378 e. The smallest absolute Gasteiger partial charge is 0.317 e. The first-order chi connectivity index (χ1) is 11.7. The molecule has 0 aromatic carbocycles. The van der Waals surface area contributed by atoms with E-state index in [4.69, 9.17) is 4.74 Å². The van der Waals surface area contributed by atoms with Gasteiger partial charge >= 0.3 is 6.03 Å². The van der Waals surface area contributed by atoms with E-state index < -0.39 is 0 Å². The molecule has 2 aliphatic rings. The molecule has 3 rings (SSSR count). The summed E-state index contributed by atoms with van der Waals surface area (Å²) in [5, 5.41) is 2.89. The molecule has 3 amide bonds. The molecule has 24 heavy (non-hydrogen) atoms. The number of pyridine rings is 1. The summed E-state index contributed by atoms with van der Waals surface area (Å²) in [4.78, 5) is 32.8. The van der Waals surface area contributed by atoms with Crippen LogP contribution in [-0.4, -0.2) is 66.1 Å². The lowest BCUT2D eigenvalue weighted by molar-refractivity contribution is -0.141. The van der Waals surface area contributed by atoms with Crippen molar-refractivity contribution in [3.63, 3.8) is 0 Å². The lowest BCUT2D eigenvalue weighted by Gasteiger charge is -2.36. The second kappa shape index (κ2) is 8.10. The number of amides is 3. The van der Waals surface area contributed by atoms with Gasteiger partial charge in [-0.3, -0.25) is 9.78 Å². The number of piperidine rings is 1. The van der Waals surface area contributed by atoms with E-state index in [0.29, 0.717) is 45.9 Å². The zero-order valence-corrected chi connectivity index (χ0v) is 13.8. The molecule has 2 fully saturated rings. The van der Waals surface area contributed by atoms with Crippen LogP contribution in [0.15, 0.2) is 24.4 Å². The molecule has 0 saturated carbocycles. The Labute approximate surface area is 142 Å². The third kappa shape index (κ3) is 4.23. The Morgan fingerprint density at radius 1 is 1.21 bits per heavy atom. The Kier molecular flexibility index (Phi) is 5.63. The van der Waals surface area contributed by atoms with Gasteiger partial charge in [-0.1, -0.05) is 6.07 Å². The first-order valence-corrected chi connectivity index (χ1v) is 8.53. The van der Waals surface area contributed by atoms with Crippen LogP contribution in [0.5, 0.6) is 0 Å². The Bertz CT molecular complexity index is 560. The zero-order chi connectivity index (χ0) is 16.8. The van der Waals surface area contributed by atoms with Crippen molar-refractivity contribution < 1.29 is 14.3 Å². The molecule has 1 aromatic heterocycles. The summed E-state index contributed by atoms with van der Waals surface area (Å²) in [5.74, 6) is 0.0537. The standard InChI is InChI=1S/C17H24N4O3/c22-16(20-8-10-24-11-9-20)14-4-3-7-21(13-14)17(23)19-12-15-5-1-2-6-18-15/h1-2,5-6,14H,3-4,7-13H2,(H,19,23). The lowest BCUT2D eigenvalue weighted by atomic mass is 9.96. The average molecular weight is 332 g/mol.